The summed E-state index contributed by atoms with van der Waals surface area (Å²) < 4.78 is 37.7. The average Bonchev–Trinajstić information content (AvgIpc) is 3.21. The molecule has 2 fully saturated rings. The number of likely N-dealkylation sites (tertiary alicyclic amines) is 1. The molecule has 1 aromatic rings. The zero-order valence-electron chi connectivity index (χ0n) is 18.3. The van der Waals surface area contributed by atoms with E-state index in [1.807, 2.05) is 18.2 Å². The van der Waals surface area contributed by atoms with Crippen molar-refractivity contribution in [2.24, 2.45) is 0 Å². The van der Waals surface area contributed by atoms with Gasteiger partial charge in [0.25, 0.3) is 0 Å². The van der Waals surface area contributed by atoms with Crippen molar-refractivity contribution in [2.75, 3.05) is 40.7 Å². The molecule has 3 rings (SSSR count). The molecule has 1 aliphatic heterocycles. The van der Waals surface area contributed by atoms with Gasteiger partial charge in [-0.05, 0) is 43.4 Å². The first kappa shape index (κ1) is 24.5. The maximum Gasteiger partial charge on any atom is 0.471 e. The van der Waals surface area contributed by atoms with E-state index in [0.717, 1.165) is 55.8 Å². The molecule has 0 bridgehead atoms. The maximum atomic E-state index is 10.8. The number of benzene rings is 1. The Hall–Kier alpha value is -1.19. The zero-order chi connectivity index (χ0) is 22.3. The second kappa shape index (κ2) is 11.6. The number of hydrogen-bond acceptors (Lipinski definition) is 7. The molecule has 1 saturated heterocycles. The summed E-state index contributed by atoms with van der Waals surface area (Å²) in [5, 5.41) is 0. The van der Waals surface area contributed by atoms with Gasteiger partial charge in [0, 0.05) is 19.1 Å². The van der Waals surface area contributed by atoms with Crippen LogP contribution < -0.4 is 9.47 Å². The van der Waals surface area contributed by atoms with E-state index in [4.69, 9.17) is 28.7 Å². The summed E-state index contributed by atoms with van der Waals surface area (Å²) in [5.41, 5.74) is 1.14. The molecular weight excluding hydrogens is 425 g/mol. The molecule has 1 saturated carbocycles. The van der Waals surface area contributed by atoms with Crippen LogP contribution >= 0.6 is 7.82 Å². The third-order valence-corrected chi connectivity index (χ3v) is 6.45. The van der Waals surface area contributed by atoms with Crippen LogP contribution in [-0.2, 0) is 25.0 Å². The highest BCUT2D eigenvalue weighted by Crippen LogP contribution is 2.36. The third kappa shape index (κ3) is 7.43. The summed E-state index contributed by atoms with van der Waals surface area (Å²) in [6, 6.07) is 6.28. The smallest absolute Gasteiger partial charge is 0.471 e. The molecule has 2 N–H and O–H groups in total. The third-order valence-electron chi connectivity index (χ3n) is 6.01. The molecule has 1 aromatic carbocycles. The minimum Gasteiger partial charge on any atom is -0.493 e. The number of nitrogens with zero attached hydrogens (tertiary/aromatic N) is 1. The van der Waals surface area contributed by atoms with E-state index in [0.29, 0.717) is 12.6 Å². The van der Waals surface area contributed by atoms with E-state index < -0.39 is 14.6 Å². The molecule has 1 aliphatic carbocycles. The lowest BCUT2D eigenvalue weighted by Crippen LogP contribution is -2.46. The van der Waals surface area contributed by atoms with Crippen LogP contribution in [0.3, 0.4) is 0 Å². The van der Waals surface area contributed by atoms with Crippen molar-refractivity contribution < 1.29 is 37.8 Å². The second-order valence-electron chi connectivity index (χ2n) is 8.01. The van der Waals surface area contributed by atoms with Crippen LogP contribution in [0.1, 0.15) is 37.7 Å². The first-order valence-corrected chi connectivity index (χ1v) is 12.3. The van der Waals surface area contributed by atoms with E-state index in [-0.39, 0.29) is 12.2 Å². The SMILES string of the molecule is COc1ccc(CCO[C@H]2CCCC[C@H]2N2CC[C@@H](OCOP(=O)(O)O)C2)cc1OC. The molecule has 1 heterocycles. The average molecular weight is 459 g/mol. The first-order chi connectivity index (χ1) is 14.9. The van der Waals surface area contributed by atoms with Gasteiger partial charge in [0.15, 0.2) is 18.3 Å². The van der Waals surface area contributed by atoms with Crippen molar-refractivity contribution in [3.63, 3.8) is 0 Å². The lowest BCUT2D eigenvalue weighted by Gasteiger charge is -2.37. The van der Waals surface area contributed by atoms with Crippen LogP contribution in [0.4, 0.5) is 0 Å². The molecule has 176 valence electrons. The molecular formula is C21H34NO8P. The quantitative estimate of drug-likeness (QED) is 0.382. The Kier molecular flexibility index (Phi) is 9.16. The van der Waals surface area contributed by atoms with Crippen LogP contribution in [0.5, 0.6) is 11.5 Å². The highest BCUT2D eigenvalue weighted by Gasteiger charge is 2.35. The summed E-state index contributed by atoms with van der Waals surface area (Å²) in [7, 11) is -1.23. The van der Waals surface area contributed by atoms with Gasteiger partial charge in [0.1, 0.15) is 0 Å². The molecule has 0 spiro atoms. The Morgan fingerprint density at radius 1 is 1.06 bits per heavy atom. The lowest BCUT2D eigenvalue weighted by atomic mass is 9.91. The van der Waals surface area contributed by atoms with E-state index in [1.54, 1.807) is 14.2 Å². The highest BCUT2D eigenvalue weighted by atomic mass is 31.2. The predicted octanol–water partition coefficient (Wildman–Crippen LogP) is 2.73. The number of rotatable bonds is 11. The van der Waals surface area contributed by atoms with Gasteiger partial charge in [0.05, 0.1) is 33.0 Å². The molecule has 10 heteroatoms. The van der Waals surface area contributed by atoms with Crippen molar-refractivity contribution in [2.45, 2.75) is 56.8 Å². The van der Waals surface area contributed by atoms with Gasteiger partial charge in [-0.25, -0.2) is 4.57 Å². The van der Waals surface area contributed by atoms with Gasteiger partial charge < -0.3 is 28.7 Å². The van der Waals surface area contributed by atoms with E-state index in [9.17, 15) is 4.57 Å². The summed E-state index contributed by atoms with van der Waals surface area (Å²) in [4.78, 5) is 19.9. The van der Waals surface area contributed by atoms with Crippen LogP contribution in [0, 0.1) is 0 Å². The standard InChI is InChI=1S/C21H34NO8P/c1-26-20-8-7-16(13-21(20)27-2)10-12-28-19-6-4-3-5-18(19)22-11-9-17(14-22)29-15-30-31(23,24)25/h7-8,13,17-19H,3-6,9-12,14-15H2,1-2H3,(H2,23,24,25)/t17-,18-,19+/m1/s1. The topological polar surface area (TPSA) is 107 Å². The Labute approximate surface area is 183 Å². The Morgan fingerprint density at radius 2 is 1.84 bits per heavy atom. The largest absolute Gasteiger partial charge is 0.493 e. The van der Waals surface area contributed by atoms with Crippen molar-refractivity contribution in [1.29, 1.82) is 0 Å². The Bertz CT molecular complexity index is 742. The van der Waals surface area contributed by atoms with Crippen LogP contribution in [0.15, 0.2) is 18.2 Å². The summed E-state index contributed by atoms with van der Waals surface area (Å²) >= 11 is 0. The Balaban J connectivity index is 1.47. The monoisotopic (exact) mass is 459 g/mol. The fourth-order valence-corrected chi connectivity index (χ4v) is 4.64. The molecule has 31 heavy (non-hydrogen) atoms. The lowest BCUT2D eigenvalue weighted by molar-refractivity contribution is -0.0552. The molecule has 0 aromatic heterocycles. The van der Waals surface area contributed by atoms with Crippen molar-refractivity contribution in [1.82, 2.24) is 4.90 Å². The fourth-order valence-electron chi connectivity index (χ4n) is 4.44. The van der Waals surface area contributed by atoms with Crippen molar-refractivity contribution in [3.05, 3.63) is 23.8 Å². The number of phosphoric acid groups is 1. The minimum absolute atomic E-state index is 0.0825. The first-order valence-electron chi connectivity index (χ1n) is 10.8. The molecule has 2 aliphatic rings. The number of phosphoric ester groups is 1. The normalized spacial score (nSPS) is 25.0. The predicted molar refractivity (Wildman–Crippen MR) is 114 cm³/mol. The van der Waals surface area contributed by atoms with E-state index in [2.05, 4.69) is 9.42 Å². The summed E-state index contributed by atoms with van der Waals surface area (Å²) in [5.74, 6) is 1.44. The summed E-state index contributed by atoms with van der Waals surface area (Å²) in [6.45, 7) is 1.87. The maximum absolute atomic E-state index is 10.8. The second-order valence-corrected chi connectivity index (χ2v) is 9.25. The van der Waals surface area contributed by atoms with Crippen LogP contribution in [0.2, 0.25) is 0 Å². The van der Waals surface area contributed by atoms with Gasteiger partial charge in [-0.3, -0.25) is 9.42 Å². The van der Waals surface area contributed by atoms with E-state index in [1.165, 1.54) is 12.8 Å². The minimum atomic E-state index is -4.50. The van der Waals surface area contributed by atoms with Crippen LogP contribution in [-0.4, -0.2) is 73.6 Å². The molecule has 3 atom stereocenters. The molecule has 0 unspecified atom stereocenters. The van der Waals surface area contributed by atoms with Gasteiger partial charge in [-0.1, -0.05) is 18.9 Å². The van der Waals surface area contributed by atoms with Crippen LogP contribution in [0.25, 0.3) is 0 Å². The van der Waals surface area contributed by atoms with Gasteiger partial charge in [-0.2, -0.15) is 0 Å². The number of ether oxygens (including phenoxy) is 4. The highest BCUT2D eigenvalue weighted by molar-refractivity contribution is 7.46. The molecule has 0 radical (unpaired) electrons. The van der Waals surface area contributed by atoms with Gasteiger partial charge >= 0.3 is 7.82 Å². The summed E-state index contributed by atoms with van der Waals surface area (Å²) in [6.07, 6.45) is 6.20. The number of hydrogen-bond donors (Lipinski definition) is 2. The van der Waals surface area contributed by atoms with Crippen molar-refractivity contribution >= 4 is 7.82 Å². The van der Waals surface area contributed by atoms with Gasteiger partial charge in [0.2, 0.25) is 0 Å². The van der Waals surface area contributed by atoms with E-state index >= 15 is 0 Å². The zero-order valence-corrected chi connectivity index (χ0v) is 19.2. The number of methoxy groups -OCH3 is 2. The fraction of sp³-hybridized carbons (Fsp3) is 0.714. The Morgan fingerprint density at radius 3 is 2.58 bits per heavy atom. The molecule has 0 amide bonds. The molecule has 9 nitrogen and oxygen atoms in total. The van der Waals surface area contributed by atoms with Crippen molar-refractivity contribution in [3.8, 4) is 11.5 Å². The van der Waals surface area contributed by atoms with Gasteiger partial charge in [-0.15, -0.1) is 0 Å².